The molecule has 1 aliphatic rings. The minimum absolute atomic E-state index is 0.393. The molecule has 3 nitrogen and oxygen atoms in total. The van der Waals surface area contributed by atoms with Crippen molar-refractivity contribution in [2.45, 2.75) is 44.9 Å². The maximum atomic E-state index is 5.59. The lowest BCUT2D eigenvalue weighted by Crippen LogP contribution is -2.45. The van der Waals surface area contributed by atoms with E-state index in [9.17, 15) is 0 Å². The number of hydrogen-bond donors (Lipinski definition) is 2. The standard InChI is InChI=1S/C8H18N2O/c1-6-4-8(10-9-3)5-7(2)11-6/h6-10H,4-5H2,1-3H3/t6-,7+,8+. The van der Waals surface area contributed by atoms with Gasteiger partial charge in [0.2, 0.25) is 0 Å². The second-order valence-electron chi connectivity index (χ2n) is 3.32. The van der Waals surface area contributed by atoms with Crippen LogP contribution in [0.4, 0.5) is 0 Å². The lowest BCUT2D eigenvalue weighted by atomic mass is 10.0. The summed E-state index contributed by atoms with van der Waals surface area (Å²) in [4.78, 5) is 0. The van der Waals surface area contributed by atoms with E-state index in [-0.39, 0.29) is 0 Å². The molecular weight excluding hydrogens is 140 g/mol. The van der Waals surface area contributed by atoms with Crippen LogP contribution in [-0.2, 0) is 4.74 Å². The fourth-order valence-electron chi connectivity index (χ4n) is 1.73. The molecule has 1 aliphatic heterocycles. The zero-order valence-corrected chi connectivity index (χ0v) is 7.55. The highest BCUT2D eigenvalue weighted by atomic mass is 16.5. The monoisotopic (exact) mass is 158 g/mol. The van der Waals surface area contributed by atoms with Crippen LogP contribution in [0.25, 0.3) is 0 Å². The third-order valence-corrected chi connectivity index (χ3v) is 2.05. The highest BCUT2D eigenvalue weighted by Crippen LogP contribution is 2.18. The molecule has 0 aliphatic carbocycles. The van der Waals surface area contributed by atoms with Crippen LogP contribution in [0.1, 0.15) is 26.7 Å². The van der Waals surface area contributed by atoms with Crippen molar-refractivity contribution in [3.05, 3.63) is 0 Å². The van der Waals surface area contributed by atoms with E-state index in [2.05, 4.69) is 24.7 Å². The van der Waals surface area contributed by atoms with Crippen LogP contribution < -0.4 is 10.9 Å². The SMILES string of the molecule is CNN[C@H]1C[C@@H](C)O[C@@H](C)C1. The Morgan fingerprint density at radius 2 is 1.73 bits per heavy atom. The van der Waals surface area contributed by atoms with Gasteiger partial charge >= 0.3 is 0 Å². The van der Waals surface area contributed by atoms with Crippen LogP contribution in [0.2, 0.25) is 0 Å². The summed E-state index contributed by atoms with van der Waals surface area (Å²) in [6, 6.07) is 0.568. The third kappa shape index (κ3) is 2.77. The number of rotatable bonds is 2. The highest BCUT2D eigenvalue weighted by Gasteiger charge is 2.23. The average Bonchev–Trinajstić information content (AvgIpc) is 1.85. The van der Waals surface area contributed by atoms with Gasteiger partial charge in [-0.2, -0.15) is 0 Å². The van der Waals surface area contributed by atoms with E-state index in [0.717, 1.165) is 12.8 Å². The van der Waals surface area contributed by atoms with E-state index in [4.69, 9.17) is 4.74 Å². The van der Waals surface area contributed by atoms with Gasteiger partial charge in [0, 0.05) is 6.04 Å². The molecule has 0 unspecified atom stereocenters. The Labute approximate surface area is 68.5 Å². The largest absolute Gasteiger partial charge is 0.375 e. The summed E-state index contributed by atoms with van der Waals surface area (Å²) in [6.45, 7) is 4.25. The van der Waals surface area contributed by atoms with E-state index in [1.165, 1.54) is 0 Å². The second-order valence-corrected chi connectivity index (χ2v) is 3.32. The van der Waals surface area contributed by atoms with Crippen LogP contribution in [-0.4, -0.2) is 25.3 Å². The summed E-state index contributed by atoms with van der Waals surface area (Å²) in [5, 5.41) is 0. The zero-order valence-electron chi connectivity index (χ0n) is 7.55. The van der Waals surface area contributed by atoms with Crippen molar-refractivity contribution < 1.29 is 4.74 Å². The molecule has 3 heteroatoms. The van der Waals surface area contributed by atoms with E-state index < -0.39 is 0 Å². The normalized spacial score (nSPS) is 39.0. The van der Waals surface area contributed by atoms with E-state index >= 15 is 0 Å². The van der Waals surface area contributed by atoms with E-state index in [1.54, 1.807) is 0 Å². The average molecular weight is 158 g/mol. The molecule has 0 saturated carbocycles. The molecule has 0 aromatic carbocycles. The maximum absolute atomic E-state index is 5.59. The topological polar surface area (TPSA) is 33.3 Å². The lowest BCUT2D eigenvalue weighted by molar-refractivity contribution is -0.0436. The molecular formula is C8H18N2O. The van der Waals surface area contributed by atoms with Crippen LogP contribution in [0.3, 0.4) is 0 Å². The molecule has 1 rings (SSSR count). The van der Waals surface area contributed by atoms with Gasteiger partial charge in [0.05, 0.1) is 12.2 Å². The van der Waals surface area contributed by atoms with Gasteiger partial charge in [-0.15, -0.1) is 0 Å². The van der Waals surface area contributed by atoms with Crippen molar-refractivity contribution in [2.24, 2.45) is 0 Å². The molecule has 3 atom stereocenters. The minimum atomic E-state index is 0.393. The van der Waals surface area contributed by atoms with Gasteiger partial charge in [0.1, 0.15) is 0 Å². The molecule has 2 N–H and O–H groups in total. The number of hydrazine groups is 1. The molecule has 1 fully saturated rings. The smallest absolute Gasteiger partial charge is 0.0566 e. The van der Waals surface area contributed by atoms with Crippen LogP contribution in [0.5, 0.6) is 0 Å². The summed E-state index contributed by atoms with van der Waals surface area (Å²) in [5.41, 5.74) is 6.19. The summed E-state index contributed by atoms with van der Waals surface area (Å²) >= 11 is 0. The van der Waals surface area contributed by atoms with Crippen LogP contribution in [0, 0.1) is 0 Å². The summed E-state index contributed by atoms with van der Waals surface area (Å²) < 4.78 is 5.59. The Morgan fingerprint density at radius 3 is 2.18 bits per heavy atom. The Hall–Kier alpha value is -0.120. The Balaban J connectivity index is 2.30. The first kappa shape index (κ1) is 8.97. The van der Waals surface area contributed by atoms with Gasteiger partial charge in [0.25, 0.3) is 0 Å². The van der Waals surface area contributed by atoms with Crippen LogP contribution in [0.15, 0.2) is 0 Å². The quantitative estimate of drug-likeness (QED) is 0.579. The van der Waals surface area contributed by atoms with Gasteiger partial charge in [-0.25, -0.2) is 0 Å². The lowest BCUT2D eigenvalue weighted by Gasteiger charge is -2.32. The number of hydrogen-bond acceptors (Lipinski definition) is 3. The predicted molar refractivity (Wildman–Crippen MR) is 45.2 cm³/mol. The first-order valence-corrected chi connectivity index (χ1v) is 4.30. The molecule has 0 radical (unpaired) electrons. The van der Waals surface area contributed by atoms with Crippen molar-refractivity contribution in [1.29, 1.82) is 0 Å². The molecule has 0 amide bonds. The van der Waals surface area contributed by atoms with Crippen molar-refractivity contribution in [1.82, 2.24) is 10.9 Å². The molecule has 0 aromatic rings. The highest BCUT2D eigenvalue weighted by molar-refractivity contribution is 4.76. The summed E-state index contributed by atoms with van der Waals surface area (Å²) in [6.07, 6.45) is 2.99. The Bertz CT molecular complexity index is 109. The van der Waals surface area contributed by atoms with Gasteiger partial charge in [-0.05, 0) is 33.7 Å². The predicted octanol–water partition coefficient (Wildman–Crippen LogP) is 0.666. The molecule has 0 aromatic heterocycles. The molecule has 0 bridgehead atoms. The Morgan fingerprint density at radius 1 is 1.18 bits per heavy atom. The van der Waals surface area contributed by atoms with Crippen molar-refractivity contribution in [3.63, 3.8) is 0 Å². The first-order chi connectivity index (χ1) is 5.22. The number of ether oxygens (including phenoxy) is 1. The zero-order chi connectivity index (χ0) is 8.27. The van der Waals surface area contributed by atoms with Crippen LogP contribution >= 0.6 is 0 Å². The minimum Gasteiger partial charge on any atom is -0.375 e. The second kappa shape index (κ2) is 4.04. The van der Waals surface area contributed by atoms with E-state index in [0.29, 0.717) is 18.2 Å². The van der Waals surface area contributed by atoms with Crippen molar-refractivity contribution in [2.75, 3.05) is 7.05 Å². The molecule has 0 spiro atoms. The van der Waals surface area contributed by atoms with Gasteiger partial charge in [0.15, 0.2) is 0 Å². The Kier molecular flexibility index (Phi) is 3.30. The fraction of sp³-hybridized carbons (Fsp3) is 1.00. The molecule has 66 valence electrons. The number of nitrogens with one attached hydrogen (secondary N) is 2. The van der Waals surface area contributed by atoms with Crippen molar-refractivity contribution in [3.8, 4) is 0 Å². The summed E-state index contributed by atoms with van der Waals surface area (Å²) in [7, 11) is 1.91. The third-order valence-electron chi connectivity index (χ3n) is 2.05. The fourth-order valence-corrected chi connectivity index (χ4v) is 1.73. The van der Waals surface area contributed by atoms with E-state index in [1.807, 2.05) is 7.05 Å². The maximum Gasteiger partial charge on any atom is 0.0566 e. The van der Waals surface area contributed by atoms with Gasteiger partial charge in [-0.3, -0.25) is 10.9 Å². The summed E-state index contributed by atoms with van der Waals surface area (Å²) in [5.74, 6) is 0. The van der Waals surface area contributed by atoms with Gasteiger partial charge < -0.3 is 4.74 Å². The molecule has 1 heterocycles. The van der Waals surface area contributed by atoms with Crippen molar-refractivity contribution >= 4 is 0 Å². The first-order valence-electron chi connectivity index (χ1n) is 4.30. The molecule has 11 heavy (non-hydrogen) atoms. The van der Waals surface area contributed by atoms with Gasteiger partial charge in [-0.1, -0.05) is 0 Å². The molecule has 1 saturated heterocycles.